The van der Waals surface area contributed by atoms with Crippen LogP contribution in [0.2, 0.25) is 0 Å². The molecule has 10 aromatic rings. The molecule has 300 valence electrons. The topological polar surface area (TPSA) is 55.1 Å². The van der Waals surface area contributed by atoms with Crippen LogP contribution >= 0.6 is 0 Å². The number of fused-ring (bicyclic) bond motifs is 8. The fourth-order valence-corrected chi connectivity index (χ4v) is 9.89. The van der Waals surface area contributed by atoms with Crippen molar-refractivity contribution in [2.75, 3.05) is 4.90 Å². The van der Waals surface area contributed by atoms with Gasteiger partial charge in [-0.3, -0.25) is 0 Å². The van der Waals surface area contributed by atoms with Gasteiger partial charge in [0.05, 0.1) is 5.69 Å². The lowest BCUT2D eigenvalue weighted by molar-refractivity contribution is 0.660. The fraction of sp³-hybridized carbons (Fsp3) is 0.0862. The number of anilines is 3. The Morgan fingerprint density at radius 2 is 1.14 bits per heavy atom. The second kappa shape index (κ2) is 14.6. The molecule has 2 aromatic heterocycles. The summed E-state index contributed by atoms with van der Waals surface area (Å²) in [5, 5.41) is 4.20. The lowest BCUT2D eigenvalue weighted by Gasteiger charge is -2.27. The predicted molar refractivity (Wildman–Crippen MR) is 260 cm³/mol. The van der Waals surface area contributed by atoms with Gasteiger partial charge in [0.25, 0.3) is 0 Å². The van der Waals surface area contributed by atoms with Crippen molar-refractivity contribution in [1.82, 2.24) is 15.0 Å². The molecular weight excluding hydrogens is 769 g/mol. The Kier molecular flexibility index (Phi) is 8.58. The first-order valence-electron chi connectivity index (χ1n) is 21.7. The Hall–Kier alpha value is -7.89. The molecule has 5 nitrogen and oxygen atoms in total. The Bertz CT molecular complexity index is 3470. The lowest BCUT2D eigenvalue weighted by atomic mass is 9.82. The van der Waals surface area contributed by atoms with Crippen LogP contribution in [0.4, 0.5) is 17.1 Å². The molecule has 0 N–H and O–H groups in total. The Balaban J connectivity index is 1.05. The third-order valence-corrected chi connectivity index (χ3v) is 13.0. The average Bonchev–Trinajstić information content (AvgIpc) is 3.84. The molecule has 0 saturated heterocycles. The zero-order valence-electron chi connectivity index (χ0n) is 35.1. The monoisotopic (exact) mass is 810 g/mol. The van der Waals surface area contributed by atoms with E-state index in [1.165, 1.54) is 33.4 Å². The minimum absolute atomic E-state index is 0.161. The molecule has 2 aliphatic rings. The summed E-state index contributed by atoms with van der Waals surface area (Å²) in [6.07, 6.45) is 8.75. The van der Waals surface area contributed by atoms with Crippen LogP contribution in [0.15, 0.2) is 199 Å². The first-order valence-corrected chi connectivity index (χ1v) is 21.7. The van der Waals surface area contributed by atoms with E-state index in [4.69, 9.17) is 19.4 Å². The van der Waals surface area contributed by atoms with Gasteiger partial charge in [0.15, 0.2) is 17.5 Å². The first kappa shape index (κ1) is 36.9. The molecule has 0 amide bonds. The van der Waals surface area contributed by atoms with Crippen molar-refractivity contribution in [2.45, 2.75) is 32.1 Å². The quantitative estimate of drug-likeness (QED) is 0.160. The van der Waals surface area contributed by atoms with Gasteiger partial charge in [-0.25, -0.2) is 15.0 Å². The summed E-state index contributed by atoms with van der Waals surface area (Å²) in [6, 6.07) is 62.2. The van der Waals surface area contributed by atoms with Gasteiger partial charge in [0.1, 0.15) is 11.2 Å². The average molecular weight is 811 g/mol. The molecule has 0 unspecified atom stereocenters. The molecule has 12 rings (SSSR count). The van der Waals surface area contributed by atoms with Crippen molar-refractivity contribution in [3.63, 3.8) is 0 Å². The van der Waals surface area contributed by atoms with Crippen molar-refractivity contribution in [3.8, 4) is 45.3 Å². The van der Waals surface area contributed by atoms with Crippen LogP contribution < -0.4 is 4.90 Å². The maximum atomic E-state index is 6.91. The molecule has 0 spiro atoms. The molecule has 63 heavy (non-hydrogen) atoms. The number of para-hydroxylation sites is 1. The Labute approximate surface area is 366 Å². The summed E-state index contributed by atoms with van der Waals surface area (Å²) < 4.78 is 6.91. The fourth-order valence-electron chi connectivity index (χ4n) is 9.89. The molecular formula is C58H42N4O. The van der Waals surface area contributed by atoms with E-state index in [1.807, 2.05) is 24.3 Å². The smallest absolute Gasteiger partial charge is 0.164 e. The van der Waals surface area contributed by atoms with Gasteiger partial charge in [-0.15, -0.1) is 0 Å². The van der Waals surface area contributed by atoms with Gasteiger partial charge in [0.2, 0.25) is 0 Å². The van der Waals surface area contributed by atoms with Crippen molar-refractivity contribution < 1.29 is 4.42 Å². The number of allylic oxidation sites excluding steroid dienone is 4. The zero-order chi connectivity index (χ0) is 42.1. The number of furan rings is 1. The molecule has 0 aliphatic heterocycles. The SMILES string of the molecule is CC1(C)c2ccccc2-c2ccc(-c3nc(-c4ccccc4)nc(-c4cccc5oc6cc(N(c7ccccc7)c7ccc(C8=CC=CCC8)cc7)c7ccccc7c6c45)n3)cc21. The standard InChI is InChI=1S/C58H42N4O/c1-58(2)48-27-15-14-23-43(48)44-34-31-40(35-49(44)58)56-59-55(39-19-8-4-9-20-39)60-57(61-56)47-26-16-28-51-54(47)53-46-25-13-12-24-45(46)50(36-52(53)63-51)62(41-21-10-5-11-22-41)42-32-29-38(30-33-42)37-17-6-3-7-18-37/h3-6,8-17,19-36H,7,18H2,1-2H3. The summed E-state index contributed by atoms with van der Waals surface area (Å²) in [4.78, 5) is 18.1. The number of hydrogen-bond acceptors (Lipinski definition) is 5. The van der Waals surface area contributed by atoms with E-state index in [0.29, 0.717) is 17.5 Å². The van der Waals surface area contributed by atoms with Gasteiger partial charge in [-0.05, 0) is 88.0 Å². The maximum absolute atomic E-state index is 6.91. The van der Waals surface area contributed by atoms with Crippen LogP contribution in [0.3, 0.4) is 0 Å². The molecule has 2 heterocycles. The van der Waals surface area contributed by atoms with Crippen LogP contribution in [0, 0.1) is 0 Å². The summed E-state index contributed by atoms with van der Waals surface area (Å²) in [6.45, 7) is 4.61. The minimum atomic E-state index is -0.161. The Morgan fingerprint density at radius 3 is 1.94 bits per heavy atom. The van der Waals surface area contributed by atoms with Crippen LogP contribution in [0.25, 0.3) is 83.6 Å². The largest absolute Gasteiger partial charge is 0.456 e. The second-order valence-electron chi connectivity index (χ2n) is 17.1. The van der Waals surface area contributed by atoms with Gasteiger partial charge in [-0.2, -0.15) is 0 Å². The molecule has 0 fully saturated rings. The predicted octanol–water partition coefficient (Wildman–Crippen LogP) is 15.4. The van der Waals surface area contributed by atoms with Crippen molar-refractivity contribution in [1.29, 1.82) is 0 Å². The highest BCUT2D eigenvalue weighted by Gasteiger charge is 2.35. The van der Waals surface area contributed by atoms with Crippen LogP contribution in [0.5, 0.6) is 0 Å². The molecule has 8 aromatic carbocycles. The molecule has 0 saturated carbocycles. The number of nitrogens with zero attached hydrogens (tertiary/aromatic N) is 4. The first-order chi connectivity index (χ1) is 31.0. The van der Waals surface area contributed by atoms with E-state index in [1.54, 1.807) is 0 Å². The van der Waals surface area contributed by atoms with Crippen LogP contribution in [0.1, 0.15) is 43.4 Å². The number of hydrogen-bond donors (Lipinski definition) is 0. The van der Waals surface area contributed by atoms with E-state index in [-0.39, 0.29) is 5.41 Å². The van der Waals surface area contributed by atoms with Gasteiger partial charge >= 0.3 is 0 Å². The molecule has 0 bridgehead atoms. The second-order valence-corrected chi connectivity index (χ2v) is 17.1. The van der Waals surface area contributed by atoms with E-state index in [2.05, 4.69) is 189 Å². The third kappa shape index (κ3) is 6.11. The van der Waals surface area contributed by atoms with E-state index in [9.17, 15) is 0 Å². The van der Waals surface area contributed by atoms with Crippen molar-refractivity contribution >= 4 is 55.3 Å². The van der Waals surface area contributed by atoms with Gasteiger partial charge < -0.3 is 9.32 Å². The highest BCUT2D eigenvalue weighted by molar-refractivity contribution is 6.25. The lowest BCUT2D eigenvalue weighted by Crippen LogP contribution is -2.15. The number of benzene rings is 8. The summed E-state index contributed by atoms with van der Waals surface area (Å²) in [7, 11) is 0. The molecule has 0 radical (unpaired) electrons. The molecule has 0 atom stereocenters. The summed E-state index contributed by atoms with van der Waals surface area (Å²) >= 11 is 0. The van der Waals surface area contributed by atoms with E-state index < -0.39 is 0 Å². The normalized spacial score (nSPS) is 13.9. The summed E-state index contributed by atoms with van der Waals surface area (Å²) in [5.74, 6) is 1.85. The highest BCUT2D eigenvalue weighted by Crippen LogP contribution is 2.50. The van der Waals surface area contributed by atoms with Crippen molar-refractivity contribution in [3.05, 3.63) is 211 Å². The van der Waals surface area contributed by atoms with Crippen molar-refractivity contribution in [2.24, 2.45) is 0 Å². The van der Waals surface area contributed by atoms with Gasteiger partial charge in [-0.1, -0.05) is 166 Å². The molecule has 2 aliphatic carbocycles. The van der Waals surface area contributed by atoms with E-state index >= 15 is 0 Å². The summed E-state index contributed by atoms with van der Waals surface area (Å²) in [5.41, 5.74) is 15.1. The highest BCUT2D eigenvalue weighted by atomic mass is 16.3. The maximum Gasteiger partial charge on any atom is 0.164 e. The van der Waals surface area contributed by atoms with Crippen LogP contribution in [-0.4, -0.2) is 15.0 Å². The van der Waals surface area contributed by atoms with Crippen LogP contribution in [-0.2, 0) is 5.41 Å². The van der Waals surface area contributed by atoms with E-state index in [0.717, 1.165) is 79.3 Å². The minimum Gasteiger partial charge on any atom is -0.456 e. The van der Waals surface area contributed by atoms with Gasteiger partial charge in [0, 0.05) is 55.7 Å². The zero-order valence-corrected chi connectivity index (χ0v) is 35.1. The number of rotatable bonds is 7. The third-order valence-electron chi connectivity index (χ3n) is 13.0. The number of aromatic nitrogens is 3. The molecule has 5 heteroatoms. The Morgan fingerprint density at radius 1 is 0.492 bits per heavy atom.